The maximum Gasteiger partial charge on any atom is 0.308 e. The van der Waals surface area contributed by atoms with E-state index in [2.05, 4.69) is 0 Å². The zero-order chi connectivity index (χ0) is 16.9. The fourth-order valence-electron chi connectivity index (χ4n) is 1.59. The first kappa shape index (κ1) is 18.1. The van der Waals surface area contributed by atoms with Crippen LogP contribution in [0.25, 0.3) is 0 Å². The summed E-state index contributed by atoms with van der Waals surface area (Å²) in [6, 6.07) is 3.09. The summed E-state index contributed by atoms with van der Waals surface area (Å²) in [7, 11) is 1.59. The zero-order valence-corrected chi connectivity index (χ0v) is 14.0. The quantitative estimate of drug-likeness (QED) is 0.366. The Morgan fingerprint density at radius 1 is 1.27 bits per heavy atom. The number of thiophene rings is 1. The van der Waals surface area contributed by atoms with Crippen LogP contribution in [0, 0.1) is 0 Å². The smallest absolute Gasteiger partial charge is 0.308 e. The van der Waals surface area contributed by atoms with Crippen LogP contribution in [0.15, 0.2) is 12.1 Å². The molecule has 0 aliphatic heterocycles. The molecule has 7 nitrogen and oxygen atoms in total. The summed E-state index contributed by atoms with van der Waals surface area (Å²) in [4.78, 5) is 37.4. The lowest BCUT2D eigenvalue weighted by atomic mass is 10.2. The first-order valence-electron chi connectivity index (χ1n) is 6.72. The first-order chi connectivity index (χ1) is 10.1. The molecule has 0 bridgehead atoms. The summed E-state index contributed by atoms with van der Waals surface area (Å²) in [5, 5.41) is 0. The average molecular weight is 327 g/mol. The minimum absolute atomic E-state index is 0.112. The standard InChI is InChI=1S/C14H21N3O4S/c1-14(2,3)21-11(18)7-8-17(4)13(20)10-6-5-9(22-10)12(19)16-15/h5-6H,7-8,15H2,1-4H3,(H,16,19). The number of hydrazine groups is 1. The van der Waals surface area contributed by atoms with Gasteiger partial charge in [-0.05, 0) is 32.9 Å². The van der Waals surface area contributed by atoms with Crippen LogP contribution in [0.3, 0.4) is 0 Å². The molecule has 1 heterocycles. The predicted octanol–water partition coefficient (Wildman–Crippen LogP) is 1.16. The van der Waals surface area contributed by atoms with Crippen molar-refractivity contribution in [2.75, 3.05) is 13.6 Å². The van der Waals surface area contributed by atoms with Crippen molar-refractivity contribution < 1.29 is 19.1 Å². The minimum Gasteiger partial charge on any atom is -0.460 e. The number of ether oxygens (including phenoxy) is 1. The molecule has 0 radical (unpaired) electrons. The lowest BCUT2D eigenvalue weighted by Crippen LogP contribution is -2.31. The molecule has 2 amide bonds. The average Bonchev–Trinajstić information content (AvgIpc) is 2.90. The van der Waals surface area contributed by atoms with Gasteiger partial charge in [0.1, 0.15) is 5.60 Å². The number of carbonyl (C=O) groups excluding carboxylic acids is 3. The van der Waals surface area contributed by atoms with Crippen molar-refractivity contribution in [3.05, 3.63) is 21.9 Å². The fraction of sp³-hybridized carbons (Fsp3) is 0.500. The van der Waals surface area contributed by atoms with Gasteiger partial charge in [-0.1, -0.05) is 0 Å². The molecule has 0 fully saturated rings. The van der Waals surface area contributed by atoms with Crippen LogP contribution < -0.4 is 11.3 Å². The predicted molar refractivity (Wildman–Crippen MR) is 83.4 cm³/mol. The van der Waals surface area contributed by atoms with E-state index in [1.54, 1.807) is 33.9 Å². The van der Waals surface area contributed by atoms with E-state index in [1.165, 1.54) is 11.0 Å². The van der Waals surface area contributed by atoms with Gasteiger partial charge in [-0.15, -0.1) is 11.3 Å². The van der Waals surface area contributed by atoms with E-state index in [9.17, 15) is 14.4 Å². The van der Waals surface area contributed by atoms with Gasteiger partial charge in [0.25, 0.3) is 11.8 Å². The third-order valence-electron chi connectivity index (χ3n) is 2.59. The SMILES string of the molecule is CN(CCC(=O)OC(C)(C)C)C(=O)c1ccc(C(=O)NN)s1. The Balaban J connectivity index is 2.57. The Bertz CT molecular complexity index is 563. The van der Waals surface area contributed by atoms with Gasteiger partial charge < -0.3 is 9.64 Å². The molecule has 0 aromatic carbocycles. The van der Waals surface area contributed by atoms with Crippen molar-refractivity contribution in [1.82, 2.24) is 10.3 Å². The number of esters is 1. The molecule has 1 aromatic rings. The number of amides is 2. The third-order valence-corrected chi connectivity index (χ3v) is 3.66. The normalized spacial score (nSPS) is 11.0. The van der Waals surface area contributed by atoms with E-state index in [4.69, 9.17) is 10.6 Å². The number of hydrogen-bond donors (Lipinski definition) is 2. The van der Waals surface area contributed by atoms with Crippen LogP contribution in [0.5, 0.6) is 0 Å². The molecule has 0 aliphatic rings. The van der Waals surface area contributed by atoms with Gasteiger partial charge in [0.15, 0.2) is 0 Å². The van der Waals surface area contributed by atoms with Gasteiger partial charge >= 0.3 is 5.97 Å². The summed E-state index contributed by atoms with van der Waals surface area (Å²) in [5.74, 6) is 3.98. The van der Waals surface area contributed by atoms with E-state index in [-0.39, 0.29) is 24.8 Å². The summed E-state index contributed by atoms with van der Waals surface area (Å²) >= 11 is 1.05. The summed E-state index contributed by atoms with van der Waals surface area (Å²) in [6.45, 7) is 5.60. The molecule has 0 spiro atoms. The Morgan fingerprint density at radius 3 is 2.41 bits per heavy atom. The van der Waals surface area contributed by atoms with Crippen molar-refractivity contribution in [2.24, 2.45) is 5.84 Å². The second kappa shape index (κ2) is 7.37. The van der Waals surface area contributed by atoms with Gasteiger partial charge in [-0.3, -0.25) is 19.8 Å². The molecule has 0 atom stereocenters. The molecule has 8 heteroatoms. The largest absolute Gasteiger partial charge is 0.460 e. The van der Waals surface area contributed by atoms with Crippen molar-refractivity contribution in [3.8, 4) is 0 Å². The molecule has 1 aromatic heterocycles. The van der Waals surface area contributed by atoms with Crippen molar-refractivity contribution in [1.29, 1.82) is 0 Å². The molecule has 0 aliphatic carbocycles. The Morgan fingerprint density at radius 2 is 1.86 bits per heavy atom. The van der Waals surface area contributed by atoms with Crippen LogP contribution >= 0.6 is 11.3 Å². The highest BCUT2D eigenvalue weighted by molar-refractivity contribution is 7.15. The fourth-order valence-corrected chi connectivity index (χ4v) is 2.49. The maximum atomic E-state index is 12.2. The maximum absolute atomic E-state index is 12.2. The van der Waals surface area contributed by atoms with E-state index in [1.807, 2.05) is 5.43 Å². The summed E-state index contributed by atoms with van der Waals surface area (Å²) < 4.78 is 5.18. The highest BCUT2D eigenvalue weighted by Gasteiger charge is 2.20. The second-order valence-electron chi connectivity index (χ2n) is 5.70. The third kappa shape index (κ3) is 5.45. The molecular weight excluding hydrogens is 306 g/mol. The number of nitrogens with zero attached hydrogens (tertiary/aromatic N) is 1. The number of nitrogens with two attached hydrogens (primary N) is 1. The molecular formula is C14H21N3O4S. The van der Waals surface area contributed by atoms with Crippen LogP contribution in [0.1, 0.15) is 46.5 Å². The Kier molecular flexibility index (Phi) is 6.07. The van der Waals surface area contributed by atoms with Gasteiger partial charge in [-0.25, -0.2) is 5.84 Å². The Labute approximate surface area is 133 Å². The highest BCUT2D eigenvalue weighted by Crippen LogP contribution is 2.18. The first-order valence-corrected chi connectivity index (χ1v) is 7.54. The lowest BCUT2D eigenvalue weighted by molar-refractivity contribution is -0.154. The number of rotatable bonds is 5. The van der Waals surface area contributed by atoms with Crippen LogP contribution in [0.4, 0.5) is 0 Å². The van der Waals surface area contributed by atoms with Crippen molar-refractivity contribution in [3.63, 3.8) is 0 Å². The van der Waals surface area contributed by atoms with E-state index >= 15 is 0 Å². The Hall–Kier alpha value is -1.93. The number of hydrogen-bond acceptors (Lipinski definition) is 6. The minimum atomic E-state index is -0.544. The second-order valence-corrected chi connectivity index (χ2v) is 6.78. The van der Waals surface area contributed by atoms with E-state index in [0.717, 1.165) is 11.3 Å². The van der Waals surface area contributed by atoms with Gasteiger partial charge in [0.2, 0.25) is 0 Å². The van der Waals surface area contributed by atoms with E-state index in [0.29, 0.717) is 9.75 Å². The number of carbonyl (C=O) groups is 3. The van der Waals surface area contributed by atoms with Gasteiger partial charge in [0, 0.05) is 13.6 Å². The van der Waals surface area contributed by atoms with E-state index < -0.39 is 11.5 Å². The van der Waals surface area contributed by atoms with Crippen LogP contribution in [-0.4, -0.2) is 41.9 Å². The number of nitrogens with one attached hydrogen (secondary N) is 1. The molecule has 0 saturated carbocycles. The zero-order valence-electron chi connectivity index (χ0n) is 13.1. The monoisotopic (exact) mass is 327 g/mol. The van der Waals surface area contributed by atoms with Gasteiger partial charge in [-0.2, -0.15) is 0 Å². The lowest BCUT2D eigenvalue weighted by Gasteiger charge is -2.21. The number of nitrogen functional groups attached to an aromatic ring is 1. The summed E-state index contributed by atoms with van der Waals surface area (Å²) in [6.07, 6.45) is 0.112. The van der Waals surface area contributed by atoms with Crippen molar-refractivity contribution >= 4 is 29.1 Å². The summed E-state index contributed by atoms with van der Waals surface area (Å²) in [5.41, 5.74) is 1.47. The molecule has 22 heavy (non-hydrogen) atoms. The van der Waals surface area contributed by atoms with Crippen LogP contribution in [0.2, 0.25) is 0 Å². The molecule has 0 unspecified atom stereocenters. The molecule has 122 valence electrons. The molecule has 0 saturated heterocycles. The highest BCUT2D eigenvalue weighted by atomic mass is 32.1. The molecule has 3 N–H and O–H groups in total. The molecule has 1 rings (SSSR count). The van der Waals surface area contributed by atoms with Gasteiger partial charge in [0.05, 0.1) is 16.2 Å². The van der Waals surface area contributed by atoms with Crippen molar-refractivity contribution in [2.45, 2.75) is 32.8 Å². The van der Waals surface area contributed by atoms with Crippen LogP contribution in [-0.2, 0) is 9.53 Å². The topological polar surface area (TPSA) is 102 Å².